The number of carbonyl (C=O) groups is 6. The Bertz CT molecular complexity index is 2550. The largest absolute Gasteiger partial charge is 0.456 e. The van der Waals surface area contributed by atoms with Crippen molar-refractivity contribution < 1.29 is 74.6 Å². The van der Waals surface area contributed by atoms with Crippen molar-refractivity contribution in [1.29, 1.82) is 0 Å². The number of nitrogens with one attached hydrogen (secondary N) is 1. The SMILES string of the molecule is [2H]c1c([2H])c([2H])c(C(=O)O[C@H]2[C@H]3[C@]4(OC(C)=O)CO[C@@H]4C[C@H](O)[C@@]3(C)C(=O)[C@H](OC(C)=O)C3=C(C)[C@@H](OC(=O)[C@H](O)[C@@H](NC(=O)c4ccccc4)c4ccccc4)C[C@]2(O)C3(C)C)c([2H])c1[2H]. The van der Waals surface area contributed by atoms with Gasteiger partial charge in [0.15, 0.2) is 23.6 Å². The van der Waals surface area contributed by atoms with Gasteiger partial charge in [0, 0.05) is 37.7 Å². The number of ketones is 1. The van der Waals surface area contributed by atoms with Crippen molar-refractivity contribution in [3.8, 4) is 0 Å². The Kier molecular flexibility index (Phi) is 10.1. The lowest BCUT2D eigenvalue weighted by molar-refractivity contribution is -0.346. The number of aliphatic hydroxyl groups excluding tert-OH is 2. The first-order valence-corrected chi connectivity index (χ1v) is 20.1. The number of benzene rings is 3. The summed E-state index contributed by atoms with van der Waals surface area (Å²) in [7, 11) is 0. The van der Waals surface area contributed by atoms with Gasteiger partial charge in [-0.25, -0.2) is 9.59 Å². The number of fused-ring (bicyclic) bond motifs is 5. The number of rotatable bonds is 10. The molecule has 1 saturated heterocycles. The number of hydrogen-bond acceptors (Lipinski definition) is 14. The fourth-order valence-electron chi connectivity index (χ4n) is 9.95. The maximum Gasteiger partial charge on any atom is 0.338 e. The topological polar surface area (TPSA) is 221 Å². The average molecular weight is 859 g/mol. The second-order valence-electron chi connectivity index (χ2n) is 17.0. The number of esters is 4. The highest BCUT2D eigenvalue weighted by Crippen LogP contribution is 2.64. The van der Waals surface area contributed by atoms with Gasteiger partial charge in [-0.05, 0) is 54.8 Å². The van der Waals surface area contributed by atoms with Crippen molar-refractivity contribution in [2.24, 2.45) is 16.7 Å². The smallest absolute Gasteiger partial charge is 0.338 e. The minimum absolute atomic E-state index is 0.0435. The van der Waals surface area contributed by atoms with E-state index in [1.807, 2.05) is 0 Å². The van der Waals surface area contributed by atoms with Gasteiger partial charge in [0.05, 0.1) is 42.5 Å². The van der Waals surface area contributed by atoms with Crippen LogP contribution in [-0.4, -0.2) is 105 Å². The van der Waals surface area contributed by atoms with Crippen LogP contribution in [0.3, 0.4) is 0 Å². The van der Waals surface area contributed by atoms with Gasteiger partial charge in [-0.3, -0.25) is 19.2 Å². The number of hydrogen-bond donors (Lipinski definition) is 4. The van der Waals surface area contributed by atoms with E-state index in [2.05, 4.69) is 5.32 Å². The third-order valence-corrected chi connectivity index (χ3v) is 13.2. The summed E-state index contributed by atoms with van der Waals surface area (Å²) in [6.07, 6.45) is -12.0. The monoisotopic (exact) mass is 858 g/mol. The summed E-state index contributed by atoms with van der Waals surface area (Å²) in [6.45, 7) is 7.14. The molecule has 15 heteroatoms. The molecule has 0 radical (unpaired) electrons. The molecule has 3 fully saturated rings. The molecular weight excluding hydrogens is 803 g/mol. The van der Waals surface area contributed by atoms with Crippen molar-refractivity contribution in [2.75, 3.05) is 6.61 Å². The summed E-state index contributed by atoms with van der Waals surface area (Å²) >= 11 is 0. The average Bonchev–Trinajstić information content (AvgIpc) is 3.27. The molecule has 3 aromatic carbocycles. The molecule has 62 heavy (non-hydrogen) atoms. The van der Waals surface area contributed by atoms with Gasteiger partial charge in [-0.1, -0.05) is 80.5 Å². The van der Waals surface area contributed by atoms with Crippen LogP contribution in [0.5, 0.6) is 0 Å². The fraction of sp³-hybridized carbons (Fsp3) is 0.447. The number of amides is 1. The third kappa shape index (κ3) is 7.29. The van der Waals surface area contributed by atoms with E-state index in [0.717, 1.165) is 13.8 Å². The molecule has 0 aromatic heterocycles. The zero-order valence-electron chi connectivity index (χ0n) is 39.8. The first kappa shape index (κ1) is 38.0. The van der Waals surface area contributed by atoms with Crippen LogP contribution in [0.2, 0.25) is 0 Å². The second kappa shape index (κ2) is 16.5. The van der Waals surface area contributed by atoms with Crippen LogP contribution in [0, 0.1) is 16.7 Å². The molecule has 328 valence electrons. The highest BCUT2D eigenvalue weighted by molar-refractivity contribution is 5.96. The van der Waals surface area contributed by atoms with Crippen LogP contribution in [0.1, 0.15) is 93.6 Å². The van der Waals surface area contributed by atoms with E-state index < -0.39 is 155 Å². The van der Waals surface area contributed by atoms with Crippen LogP contribution in [0.25, 0.3) is 0 Å². The van der Waals surface area contributed by atoms with Crippen molar-refractivity contribution in [3.63, 3.8) is 0 Å². The first-order chi connectivity index (χ1) is 31.3. The normalized spacial score (nSPS) is 33.0. The summed E-state index contributed by atoms with van der Waals surface area (Å²) in [5.41, 5.74) is -9.39. The van der Waals surface area contributed by atoms with E-state index >= 15 is 4.79 Å². The summed E-state index contributed by atoms with van der Waals surface area (Å²) in [6, 6.07) is 10.00. The van der Waals surface area contributed by atoms with Gasteiger partial charge < -0.3 is 44.3 Å². The van der Waals surface area contributed by atoms with E-state index in [4.69, 9.17) is 30.5 Å². The Morgan fingerprint density at radius 3 is 2.10 bits per heavy atom. The molecule has 1 amide bonds. The molecule has 15 nitrogen and oxygen atoms in total. The van der Waals surface area contributed by atoms with E-state index in [9.17, 15) is 39.3 Å². The molecule has 1 heterocycles. The van der Waals surface area contributed by atoms with Gasteiger partial charge in [0.2, 0.25) is 0 Å². The van der Waals surface area contributed by atoms with Gasteiger partial charge in [0.25, 0.3) is 5.91 Å². The molecule has 4 aliphatic rings. The number of Topliss-reactive ketones (excluding diaryl/α,β-unsaturated/α-hetero) is 1. The van der Waals surface area contributed by atoms with E-state index in [-0.39, 0.29) is 23.1 Å². The molecule has 1 aliphatic heterocycles. The maximum atomic E-state index is 15.6. The Morgan fingerprint density at radius 2 is 1.52 bits per heavy atom. The highest BCUT2D eigenvalue weighted by atomic mass is 16.6. The maximum absolute atomic E-state index is 15.6. The van der Waals surface area contributed by atoms with Crippen LogP contribution >= 0.6 is 0 Å². The Balaban J connectivity index is 1.43. The van der Waals surface area contributed by atoms with Gasteiger partial charge in [-0.2, -0.15) is 0 Å². The van der Waals surface area contributed by atoms with Crippen LogP contribution in [0.4, 0.5) is 0 Å². The molecule has 0 spiro atoms. The van der Waals surface area contributed by atoms with Crippen molar-refractivity contribution in [2.45, 2.75) is 108 Å². The molecule has 0 unspecified atom stereocenters. The second-order valence-corrected chi connectivity index (χ2v) is 17.0. The Hall–Kier alpha value is -5.74. The van der Waals surface area contributed by atoms with Crippen molar-refractivity contribution in [3.05, 3.63) is 119 Å². The van der Waals surface area contributed by atoms with Crippen molar-refractivity contribution in [1.82, 2.24) is 5.32 Å². The van der Waals surface area contributed by atoms with E-state index in [1.54, 1.807) is 48.5 Å². The van der Waals surface area contributed by atoms with Crippen molar-refractivity contribution >= 4 is 35.6 Å². The van der Waals surface area contributed by atoms with Gasteiger partial charge in [0.1, 0.15) is 23.9 Å². The van der Waals surface area contributed by atoms with Crippen LogP contribution < -0.4 is 5.32 Å². The minimum atomic E-state index is -2.67. The standard InChI is InChI=1S/C47H51NO14/c1-25-31(60-43(56)36(52)35(28-16-10-7-11-17-28)48-41(54)29-18-12-8-13-19-29)23-47(57)40(61-42(55)30-20-14-9-15-21-30)38-45(6,32(51)22-33-46(38,24-58-33)62-27(3)50)39(53)37(59-26(2)49)34(25)44(47,4)5/h7-21,31-33,35-38,40,51-52,57H,22-24H2,1-6H3,(H,48,54)/t31-,32-,33+,35-,36+,37+,38+,40-,45+,46-,47+/m0/s1/i9D,14D,15D,20D,21D. The predicted octanol–water partition coefficient (Wildman–Crippen LogP) is 3.74. The van der Waals surface area contributed by atoms with Crippen LogP contribution in [-0.2, 0) is 42.9 Å². The molecule has 2 bridgehead atoms. The quantitative estimate of drug-likeness (QED) is 0.130. The van der Waals surface area contributed by atoms with Crippen LogP contribution in [0.15, 0.2) is 102 Å². The number of aliphatic hydroxyl groups is 3. The van der Waals surface area contributed by atoms with E-state index in [0.29, 0.717) is 5.56 Å². The molecular formula is C47H51NO14. The molecule has 3 aliphatic carbocycles. The Labute approximate surface area is 365 Å². The third-order valence-electron chi connectivity index (χ3n) is 13.2. The van der Waals surface area contributed by atoms with E-state index in [1.165, 1.54) is 39.8 Å². The lowest BCUT2D eigenvalue weighted by Crippen LogP contribution is -2.82. The fourth-order valence-corrected chi connectivity index (χ4v) is 9.95. The lowest BCUT2D eigenvalue weighted by Gasteiger charge is -2.67. The molecule has 11 atom stereocenters. The summed E-state index contributed by atoms with van der Waals surface area (Å²) in [5.74, 6) is -8.30. The zero-order chi connectivity index (χ0) is 49.3. The van der Waals surface area contributed by atoms with Gasteiger partial charge in [-0.15, -0.1) is 0 Å². The first-order valence-electron chi connectivity index (χ1n) is 22.6. The highest BCUT2D eigenvalue weighted by Gasteiger charge is 2.78. The minimum Gasteiger partial charge on any atom is -0.456 e. The number of ether oxygens (including phenoxy) is 5. The summed E-state index contributed by atoms with van der Waals surface area (Å²) in [4.78, 5) is 84.2. The summed E-state index contributed by atoms with van der Waals surface area (Å²) in [5, 5.41) is 40.4. The molecule has 3 aromatic rings. The number of carbonyl (C=O) groups excluding carboxylic acids is 6. The molecule has 7 rings (SSSR count). The zero-order valence-corrected chi connectivity index (χ0v) is 34.8. The predicted molar refractivity (Wildman–Crippen MR) is 218 cm³/mol. The lowest BCUT2D eigenvalue weighted by atomic mass is 9.44. The van der Waals surface area contributed by atoms with Gasteiger partial charge >= 0.3 is 23.9 Å². The molecule has 4 N–H and O–H groups in total. The Morgan fingerprint density at radius 1 is 0.887 bits per heavy atom. The molecule has 2 saturated carbocycles. The summed E-state index contributed by atoms with van der Waals surface area (Å²) < 4.78 is 71.8.